The molecule has 0 N–H and O–H groups in total. The molecule has 0 bridgehead atoms. The van der Waals surface area contributed by atoms with Gasteiger partial charge < -0.3 is 4.74 Å². The topological polar surface area (TPSA) is 43.4 Å². The fourth-order valence-electron chi connectivity index (χ4n) is 8.18. The Labute approximate surface area is 400 Å². The summed E-state index contributed by atoms with van der Waals surface area (Å²) in [7, 11) is -2.73. The van der Waals surface area contributed by atoms with Gasteiger partial charge in [-0.3, -0.25) is 4.79 Å². The first-order chi connectivity index (χ1) is 33.5. The molecule has 8 aromatic carbocycles. The number of hydrogen-bond donors (Lipinski definition) is 0. The maximum Gasteiger partial charge on any atom is 0.416 e. The lowest BCUT2D eigenvalue weighted by molar-refractivity contribution is -0.138. The van der Waals surface area contributed by atoms with Crippen molar-refractivity contribution >= 4 is 43.7 Å². The molecule has 0 spiro atoms. The van der Waals surface area contributed by atoms with Crippen LogP contribution in [0, 0.1) is 0 Å². The summed E-state index contributed by atoms with van der Waals surface area (Å²) in [5.41, 5.74) is -3.79. The summed E-state index contributed by atoms with van der Waals surface area (Å²) in [6.07, 6.45) is -22.0. The number of alkyl halides is 12. The molecule has 0 unspecified atom stereocenters. The zero-order valence-corrected chi connectivity index (χ0v) is 37.5. The van der Waals surface area contributed by atoms with Crippen LogP contribution in [0.15, 0.2) is 222 Å². The van der Waals surface area contributed by atoms with E-state index in [2.05, 4.69) is 0 Å². The van der Waals surface area contributed by atoms with E-state index in [0.29, 0.717) is 69.6 Å². The van der Waals surface area contributed by atoms with Crippen LogP contribution in [0.5, 0.6) is 11.5 Å². The van der Waals surface area contributed by atoms with Crippen molar-refractivity contribution in [3.63, 3.8) is 0 Å². The highest BCUT2D eigenvalue weighted by Crippen LogP contribution is 2.34. The van der Waals surface area contributed by atoms with Crippen molar-refractivity contribution in [3.05, 3.63) is 240 Å². The minimum Gasteiger partial charge on any atom is -0.457 e. The third-order valence-corrected chi connectivity index (χ3v) is 14.4. The van der Waals surface area contributed by atoms with Crippen molar-refractivity contribution in [2.24, 2.45) is 0 Å². The summed E-state index contributed by atoms with van der Waals surface area (Å²) >= 11 is 0. The number of hydrogen-bond acceptors (Lipinski definition) is 3. The molecule has 0 radical (unpaired) electrons. The summed E-state index contributed by atoms with van der Waals surface area (Å²) in [4.78, 5) is 14.4. The molecule has 0 saturated carbocycles. The second kappa shape index (κ2) is 20.5. The van der Waals surface area contributed by atoms with Crippen molar-refractivity contribution in [1.82, 2.24) is 0 Å². The Morgan fingerprint density at radius 2 is 0.634 bits per heavy atom. The first-order valence-corrected chi connectivity index (χ1v) is 23.1. The van der Waals surface area contributed by atoms with E-state index in [1.807, 2.05) is 91.0 Å². The zero-order chi connectivity index (χ0) is 51.2. The number of benzene rings is 8. The van der Waals surface area contributed by atoms with Gasteiger partial charge in [0.1, 0.15) is 17.6 Å². The largest absolute Gasteiger partial charge is 0.457 e. The Balaban J connectivity index is 0.000000219. The molecule has 17 heteroatoms. The van der Waals surface area contributed by atoms with Crippen LogP contribution in [0.25, 0.3) is 0 Å². The number of rotatable bonds is 11. The first-order valence-electron chi connectivity index (χ1n) is 21.3. The van der Waals surface area contributed by atoms with Gasteiger partial charge in [0.05, 0.1) is 22.3 Å². The molecule has 0 aliphatic rings. The molecule has 3 nitrogen and oxygen atoms in total. The molecule has 0 fully saturated rings. The second-order valence-electron chi connectivity index (χ2n) is 16.2. The maximum atomic E-state index is 14.0. The highest BCUT2D eigenvalue weighted by Gasteiger charge is 2.40. The molecule has 0 saturated heterocycles. The Morgan fingerprint density at radius 3 is 0.915 bits per heavy atom. The van der Waals surface area contributed by atoms with Crippen molar-refractivity contribution in [2.45, 2.75) is 34.5 Å². The van der Waals surface area contributed by atoms with Gasteiger partial charge in [0.25, 0.3) is 0 Å². The highest BCUT2D eigenvalue weighted by molar-refractivity contribution is 8.03. The molecule has 8 rings (SSSR count). The average molecular weight is 1000 g/mol. The molecular weight excluding hydrogens is 967 g/mol. The van der Waals surface area contributed by atoms with Gasteiger partial charge in [-0.25, -0.2) is 0 Å². The van der Waals surface area contributed by atoms with E-state index in [-0.39, 0.29) is 33.4 Å². The molecule has 364 valence electrons. The Kier molecular flexibility index (Phi) is 14.9. The van der Waals surface area contributed by atoms with Crippen molar-refractivity contribution in [2.75, 3.05) is 5.75 Å². The SMILES string of the molecule is FC(F)(F)c1ccc([B-](c2ccc(C(F)(F)F)cc2)(c2ccc(C(F)(F)F)cc2)c2ccc(C(F)(F)F)cc2)cc1.O=C(C[S+](=O)(c1ccccc1)c1ccccc1)c1ccc(Oc2ccccc2)cc1. The van der Waals surface area contributed by atoms with E-state index in [0.717, 1.165) is 54.3 Å². The van der Waals surface area contributed by atoms with Crippen LogP contribution in [0.2, 0.25) is 0 Å². The number of para-hydroxylation sites is 1. The molecule has 0 aromatic heterocycles. The van der Waals surface area contributed by atoms with Crippen molar-refractivity contribution < 1.29 is 66.4 Å². The van der Waals surface area contributed by atoms with Crippen LogP contribution in [-0.4, -0.2) is 17.7 Å². The number of carbonyl (C=O) groups is 1. The molecular formula is C54H37BF12O3S. The predicted molar refractivity (Wildman–Crippen MR) is 250 cm³/mol. The Bertz CT molecular complexity index is 2790. The second-order valence-corrected chi connectivity index (χ2v) is 18.7. The van der Waals surface area contributed by atoms with Crippen LogP contribution >= 0.6 is 0 Å². The normalized spacial score (nSPS) is 12.4. The lowest BCUT2D eigenvalue weighted by Gasteiger charge is -2.44. The lowest BCUT2D eigenvalue weighted by Crippen LogP contribution is -2.74. The van der Waals surface area contributed by atoms with Crippen LogP contribution in [0.1, 0.15) is 32.6 Å². The quantitative estimate of drug-likeness (QED) is 0.0561. The molecule has 8 aromatic rings. The summed E-state index contributed by atoms with van der Waals surface area (Å²) in [5, 5.41) is 0. The van der Waals surface area contributed by atoms with Gasteiger partial charge in [-0.1, -0.05) is 156 Å². The molecule has 0 aliphatic carbocycles. The standard InChI is InChI=1S/C28H16BF12.C26H21O3S/c30-25(31,32)17-1-9-21(10-2-17)29(22-11-3-18(4-12-22)26(33,34)35,23-13-5-19(6-14-23)27(36,37)38)24-15-7-20(8-16-24)28(39,40)41;27-26(21-16-18-23(19-17-21)29-22-10-4-1-5-11-22)20-30(28,24-12-6-2-7-13-24)25-14-8-3-9-15-25/h1-16H;1-19H,20H2/q-1;+1. The number of ketones is 1. The Hall–Kier alpha value is -7.40. The third kappa shape index (κ3) is 11.8. The maximum absolute atomic E-state index is 14.0. The van der Waals surface area contributed by atoms with Crippen LogP contribution < -0.4 is 26.6 Å². The third-order valence-electron chi connectivity index (χ3n) is 11.7. The smallest absolute Gasteiger partial charge is 0.416 e. The van der Waals surface area contributed by atoms with E-state index in [4.69, 9.17) is 4.74 Å². The van der Waals surface area contributed by atoms with Gasteiger partial charge in [-0.05, 0) is 60.7 Å². The van der Waals surface area contributed by atoms with Crippen LogP contribution in [0.4, 0.5) is 52.7 Å². The number of Topliss-reactive ketones (excluding diaryl/α,β-unsaturated/α-hetero) is 1. The zero-order valence-electron chi connectivity index (χ0n) is 36.7. The van der Waals surface area contributed by atoms with Crippen molar-refractivity contribution in [3.8, 4) is 11.5 Å². The van der Waals surface area contributed by atoms with Gasteiger partial charge in [-0.2, -0.15) is 74.5 Å². The van der Waals surface area contributed by atoms with E-state index in [9.17, 15) is 61.7 Å². The van der Waals surface area contributed by atoms with E-state index in [1.54, 1.807) is 24.3 Å². The van der Waals surface area contributed by atoms with Gasteiger partial charge in [0.15, 0.2) is 25.5 Å². The minimum absolute atomic E-state index is 0.0114. The van der Waals surface area contributed by atoms with Gasteiger partial charge in [0, 0.05) is 5.56 Å². The molecule has 0 aliphatic heterocycles. The van der Waals surface area contributed by atoms with Gasteiger partial charge in [0.2, 0.25) is 5.78 Å². The first kappa shape index (κ1) is 51.5. The highest BCUT2D eigenvalue weighted by atomic mass is 32.2. The monoisotopic (exact) mass is 1000 g/mol. The average Bonchev–Trinajstić information content (AvgIpc) is 3.35. The fourth-order valence-corrected chi connectivity index (χ4v) is 10.5. The van der Waals surface area contributed by atoms with E-state index in [1.165, 1.54) is 0 Å². The molecule has 71 heavy (non-hydrogen) atoms. The molecule has 0 atom stereocenters. The van der Waals surface area contributed by atoms with E-state index < -0.39 is 63.0 Å². The minimum atomic E-state index is -4.77. The van der Waals surface area contributed by atoms with Gasteiger partial charge >= 0.3 is 24.7 Å². The number of carbonyl (C=O) groups excluding carboxylic acids is 1. The van der Waals surface area contributed by atoms with Crippen molar-refractivity contribution in [1.29, 1.82) is 0 Å². The predicted octanol–water partition coefficient (Wildman–Crippen LogP) is 13.4. The summed E-state index contributed by atoms with van der Waals surface area (Å²) < 4.78 is 180. The van der Waals surface area contributed by atoms with E-state index >= 15 is 0 Å². The molecule has 0 amide bonds. The summed E-state index contributed by atoms with van der Waals surface area (Å²) in [6, 6.07) is 48.4. The fraction of sp³-hybridized carbons (Fsp3) is 0.0926. The summed E-state index contributed by atoms with van der Waals surface area (Å²) in [5.74, 6) is 1.12. The van der Waals surface area contributed by atoms with Gasteiger partial charge in [-0.15, -0.1) is 0 Å². The Morgan fingerprint density at radius 1 is 0.366 bits per heavy atom. The van der Waals surface area contributed by atoms with Crippen LogP contribution in [-0.2, 0) is 38.8 Å². The number of halogens is 12. The molecule has 0 heterocycles. The lowest BCUT2D eigenvalue weighted by atomic mass is 9.13. The van der Waals surface area contributed by atoms with Crippen LogP contribution in [0.3, 0.4) is 0 Å². The number of ether oxygens (including phenoxy) is 1. The summed E-state index contributed by atoms with van der Waals surface area (Å²) in [6.45, 7) is 0.